The van der Waals surface area contributed by atoms with Crippen LogP contribution in [0.4, 0.5) is 0 Å². The van der Waals surface area contributed by atoms with E-state index in [-0.39, 0.29) is 0 Å². The van der Waals surface area contributed by atoms with Gasteiger partial charge in [-0.25, -0.2) is 0 Å². The number of hydrogen-bond acceptors (Lipinski definition) is 2. The number of aryl methyl sites for hydroxylation is 1. The van der Waals surface area contributed by atoms with Gasteiger partial charge in [-0.2, -0.15) is 5.10 Å². The molecule has 1 aliphatic carbocycles. The van der Waals surface area contributed by atoms with Gasteiger partial charge in [-0.1, -0.05) is 18.2 Å². The third kappa shape index (κ3) is 1.43. The van der Waals surface area contributed by atoms with E-state index in [9.17, 15) is 5.11 Å². The highest BCUT2D eigenvalue weighted by molar-refractivity contribution is 5.82. The summed E-state index contributed by atoms with van der Waals surface area (Å²) in [5, 5.41) is 15.5. The normalized spacial score (nSPS) is 18.3. The number of benzene rings is 1. The number of fused-ring (bicyclic) bond motifs is 1. The summed E-state index contributed by atoms with van der Waals surface area (Å²) < 4.78 is 1.89. The molecule has 3 nitrogen and oxygen atoms in total. The van der Waals surface area contributed by atoms with Crippen molar-refractivity contribution < 1.29 is 5.11 Å². The van der Waals surface area contributed by atoms with Gasteiger partial charge < -0.3 is 5.11 Å². The van der Waals surface area contributed by atoms with Crippen molar-refractivity contribution in [3.8, 4) is 0 Å². The number of hydrogen-bond donors (Lipinski definition) is 1. The molecule has 1 saturated carbocycles. The van der Waals surface area contributed by atoms with E-state index in [1.165, 1.54) is 5.39 Å². The van der Waals surface area contributed by atoms with Crippen molar-refractivity contribution >= 4 is 10.9 Å². The number of para-hydroxylation sites is 1. The Morgan fingerprint density at radius 2 is 2.13 bits per heavy atom. The van der Waals surface area contributed by atoms with Gasteiger partial charge in [-0.05, 0) is 18.9 Å². The molecule has 1 aliphatic rings. The molecular formula is C12H14N2O. The first-order valence-electron chi connectivity index (χ1n) is 5.31. The molecule has 0 atom stereocenters. The quantitative estimate of drug-likeness (QED) is 0.804. The first-order chi connectivity index (χ1) is 7.18. The summed E-state index contributed by atoms with van der Waals surface area (Å²) in [5.41, 5.74) is 1.70. The summed E-state index contributed by atoms with van der Waals surface area (Å²) in [6, 6.07) is 8.16. The van der Waals surface area contributed by atoms with Gasteiger partial charge in [0.25, 0.3) is 0 Å². The van der Waals surface area contributed by atoms with Crippen molar-refractivity contribution in [1.29, 1.82) is 0 Å². The molecule has 3 heteroatoms. The fourth-order valence-corrected chi connectivity index (χ4v) is 2.05. The Labute approximate surface area is 88.3 Å². The molecule has 0 aliphatic heterocycles. The van der Waals surface area contributed by atoms with Crippen LogP contribution in [0.3, 0.4) is 0 Å². The Balaban J connectivity index is 2.10. The molecule has 0 bridgehead atoms. The highest BCUT2D eigenvalue weighted by Crippen LogP contribution is 2.39. The van der Waals surface area contributed by atoms with Gasteiger partial charge in [0, 0.05) is 18.9 Å². The van der Waals surface area contributed by atoms with E-state index in [4.69, 9.17) is 0 Å². The van der Waals surface area contributed by atoms with Gasteiger partial charge in [0.15, 0.2) is 0 Å². The van der Waals surface area contributed by atoms with Crippen molar-refractivity contribution in [2.45, 2.75) is 24.9 Å². The van der Waals surface area contributed by atoms with Crippen LogP contribution in [0.5, 0.6) is 0 Å². The lowest BCUT2D eigenvalue weighted by Crippen LogP contribution is -2.11. The lowest BCUT2D eigenvalue weighted by molar-refractivity contribution is 0.150. The number of aromatic nitrogens is 2. The maximum atomic E-state index is 9.90. The molecule has 0 radical (unpaired) electrons. The van der Waals surface area contributed by atoms with Crippen molar-refractivity contribution in [3.05, 3.63) is 30.0 Å². The number of aliphatic hydroxyl groups is 1. The molecular weight excluding hydrogens is 188 g/mol. The van der Waals surface area contributed by atoms with E-state index >= 15 is 0 Å². The van der Waals surface area contributed by atoms with Crippen LogP contribution in [-0.4, -0.2) is 20.5 Å². The summed E-state index contributed by atoms with van der Waals surface area (Å²) in [4.78, 5) is 0. The molecule has 1 fully saturated rings. The van der Waals surface area contributed by atoms with Crippen molar-refractivity contribution in [2.75, 3.05) is 0 Å². The fraction of sp³-hybridized carbons (Fsp3) is 0.417. The minimum atomic E-state index is -0.461. The summed E-state index contributed by atoms with van der Waals surface area (Å²) in [6.07, 6.45) is 2.52. The Morgan fingerprint density at radius 3 is 2.87 bits per heavy atom. The monoisotopic (exact) mass is 202 g/mol. The Kier molecular flexibility index (Phi) is 1.68. The van der Waals surface area contributed by atoms with E-state index in [2.05, 4.69) is 17.2 Å². The van der Waals surface area contributed by atoms with Gasteiger partial charge in [0.2, 0.25) is 0 Å². The van der Waals surface area contributed by atoms with Crippen LogP contribution < -0.4 is 0 Å². The summed E-state index contributed by atoms with van der Waals surface area (Å²) in [6.45, 7) is 0. The molecule has 3 rings (SSSR count). The second kappa shape index (κ2) is 2.83. The van der Waals surface area contributed by atoms with E-state index in [0.717, 1.165) is 24.1 Å². The molecule has 15 heavy (non-hydrogen) atoms. The molecule has 0 unspecified atom stereocenters. The van der Waals surface area contributed by atoms with Gasteiger partial charge in [0.1, 0.15) is 0 Å². The maximum absolute atomic E-state index is 9.90. The summed E-state index contributed by atoms with van der Waals surface area (Å²) in [7, 11) is 1.95. The Morgan fingerprint density at radius 1 is 1.40 bits per heavy atom. The van der Waals surface area contributed by atoms with E-state index < -0.39 is 5.60 Å². The highest BCUT2D eigenvalue weighted by Gasteiger charge is 2.41. The lowest BCUT2D eigenvalue weighted by Gasteiger charge is -2.03. The molecule has 78 valence electrons. The van der Waals surface area contributed by atoms with Crippen LogP contribution in [0.15, 0.2) is 24.3 Å². The average molecular weight is 202 g/mol. The fourth-order valence-electron chi connectivity index (χ4n) is 2.05. The predicted octanol–water partition coefficient (Wildman–Crippen LogP) is 1.64. The molecule has 1 aromatic heterocycles. The highest BCUT2D eigenvalue weighted by atomic mass is 16.3. The zero-order chi connectivity index (χ0) is 10.5. The number of nitrogens with zero attached hydrogens (tertiary/aromatic N) is 2. The Hall–Kier alpha value is -1.35. The minimum absolute atomic E-state index is 0.461. The topological polar surface area (TPSA) is 38.0 Å². The Bertz CT molecular complexity index is 511. The van der Waals surface area contributed by atoms with Gasteiger partial charge in [0.05, 0.1) is 16.8 Å². The molecule has 1 N–H and O–H groups in total. The number of rotatable bonds is 2. The van der Waals surface area contributed by atoms with Crippen LogP contribution in [0.25, 0.3) is 10.9 Å². The van der Waals surface area contributed by atoms with Crippen molar-refractivity contribution in [3.63, 3.8) is 0 Å². The van der Waals surface area contributed by atoms with Crippen LogP contribution in [-0.2, 0) is 13.5 Å². The maximum Gasteiger partial charge on any atom is 0.0731 e. The standard InChI is InChI=1S/C12H14N2O/c1-14-11-5-3-2-4-9(11)10(13-14)8-12(15)6-7-12/h2-5,15H,6-8H2,1H3. The zero-order valence-corrected chi connectivity index (χ0v) is 8.77. The summed E-state index contributed by atoms with van der Waals surface area (Å²) in [5.74, 6) is 0. The SMILES string of the molecule is Cn1nc(CC2(O)CC2)c2ccccc21. The zero-order valence-electron chi connectivity index (χ0n) is 8.77. The second-order valence-electron chi connectivity index (χ2n) is 4.49. The lowest BCUT2D eigenvalue weighted by atomic mass is 10.1. The largest absolute Gasteiger partial charge is 0.389 e. The van der Waals surface area contributed by atoms with Gasteiger partial charge in [-0.15, -0.1) is 0 Å². The van der Waals surface area contributed by atoms with Crippen molar-refractivity contribution in [2.24, 2.45) is 7.05 Å². The van der Waals surface area contributed by atoms with Crippen LogP contribution in [0.1, 0.15) is 18.5 Å². The van der Waals surface area contributed by atoms with E-state index in [1.807, 2.05) is 23.9 Å². The predicted molar refractivity (Wildman–Crippen MR) is 58.6 cm³/mol. The average Bonchev–Trinajstić information content (AvgIpc) is 2.87. The molecule has 0 amide bonds. The van der Waals surface area contributed by atoms with Gasteiger partial charge in [-0.3, -0.25) is 4.68 Å². The smallest absolute Gasteiger partial charge is 0.0731 e. The van der Waals surface area contributed by atoms with E-state index in [0.29, 0.717) is 6.42 Å². The minimum Gasteiger partial charge on any atom is -0.389 e. The van der Waals surface area contributed by atoms with Crippen molar-refractivity contribution in [1.82, 2.24) is 9.78 Å². The van der Waals surface area contributed by atoms with Crippen LogP contribution in [0.2, 0.25) is 0 Å². The molecule has 2 aromatic rings. The molecule has 1 heterocycles. The molecule has 0 saturated heterocycles. The second-order valence-corrected chi connectivity index (χ2v) is 4.49. The van der Waals surface area contributed by atoms with Crippen LogP contribution >= 0.6 is 0 Å². The third-order valence-electron chi connectivity index (χ3n) is 3.16. The molecule has 1 aromatic carbocycles. The first-order valence-corrected chi connectivity index (χ1v) is 5.31. The van der Waals surface area contributed by atoms with E-state index in [1.54, 1.807) is 0 Å². The van der Waals surface area contributed by atoms with Crippen LogP contribution in [0, 0.1) is 0 Å². The molecule has 0 spiro atoms. The third-order valence-corrected chi connectivity index (χ3v) is 3.16. The first kappa shape index (κ1) is 8.92. The summed E-state index contributed by atoms with van der Waals surface area (Å²) >= 11 is 0. The van der Waals surface area contributed by atoms with Gasteiger partial charge >= 0.3 is 0 Å².